The second kappa shape index (κ2) is 5.72. The third-order valence-corrected chi connectivity index (χ3v) is 3.16. The van der Waals surface area contributed by atoms with E-state index in [1.807, 2.05) is 0 Å². The van der Waals surface area contributed by atoms with E-state index in [1.165, 1.54) is 12.1 Å². The number of carbonyl (C=O) groups is 1. The van der Waals surface area contributed by atoms with Crippen LogP contribution in [0.3, 0.4) is 0 Å². The number of nitrogens with zero attached hydrogens (tertiary/aromatic N) is 1. The number of carbonyl (C=O) groups excluding carboxylic acids is 1. The van der Waals surface area contributed by atoms with Crippen LogP contribution in [0.2, 0.25) is 0 Å². The quantitative estimate of drug-likeness (QED) is 0.664. The molecule has 3 aromatic rings. The number of ketones is 1. The first kappa shape index (κ1) is 15.0. The van der Waals surface area contributed by atoms with Gasteiger partial charge in [0, 0.05) is 11.1 Å². The molecular weight excluding hydrogens is 307 g/mol. The summed E-state index contributed by atoms with van der Waals surface area (Å²) in [6, 6.07) is 16.1. The number of aromatic nitrogens is 1. The van der Waals surface area contributed by atoms with E-state index in [9.17, 15) is 18.0 Å². The molecule has 116 valence electrons. The Hall–Kier alpha value is -2.89. The molecule has 0 saturated heterocycles. The topological polar surface area (TPSA) is 43.1 Å². The normalized spacial score (nSPS) is 11.4. The maximum atomic E-state index is 12.9. The molecule has 0 spiro atoms. The highest BCUT2D eigenvalue weighted by atomic mass is 19.4. The van der Waals surface area contributed by atoms with Crippen LogP contribution in [-0.2, 0) is 6.18 Å². The molecule has 3 nitrogen and oxygen atoms in total. The van der Waals surface area contributed by atoms with Crippen molar-refractivity contribution in [1.29, 1.82) is 0 Å². The minimum Gasteiger partial charge on any atom is -0.429 e. The van der Waals surface area contributed by atoms with Crippen molar-refractivity contribution in [2.75, 3.05) is 0 Å². The maximum absolute atomic E-state index is 12.9. The van der Waals surface area contributed by atoms with Crippen molar-refractivity contribution >= 4 is 5.78 Å². The Balaban J connectivity index is 2.15. The molecule has 1 aromatic heterocycles. The van der Waals surface area contributed by atoms with Gasteiger partial charge in [-0.05, 0) is 0 Å². The van der Waals surface area contributed by atoms with Gasteiger partial charge in [0.1, 0.15) is 5.69 Å². The zero-order valence-corrected chi connectivity index (χ0v) is 11.7. The van der Waals surface area contributed by atoms with Crippen LogP contribution in [0.25, 0.3) is 11.3 Å². The van der Waals surface area contributed by atoms with Gasteiger partial charge in [-0.15, -0.1) is 0 Å². The summed E-state index contributed by atoms with van der Waals surface area (Å²) < 4.78 is 43.4. The molecule has 6 heteroatoms. The summed E-state index contributed by atoms with van der Waals surface area (Å²) in [7, 11) is 0. The highest BCUT2D eigenvalue weighted by Gasteiger charge is 2.39. The first-order valence-electron chi connectivity index (χ1n) is 6.70. The van der Waals surface area contributed by atoms with E-state index < -0.39 is 23.6 Å². The van der Waals surface area contributed by atoms with Crippen molar-refractivity contribution in [3.8, 4) is 11.3 Å². The van der Waals surface area contributed by atoms with Crippen LogP contribution < -0.4 is 0 Å². The summed E-state index contributed by atoms with van der Waals surface area (Å²) in [6.45, 7) is 0. The Kier molecular flexibility index (Phi) is 3.73. The zero-order chi connectivity index (χ0) is 16.4. The fourth-order valence-electron chi connectivity index (χ4n) is 2.11. The molecule has 0 radical (unpaired) electrons. The molecule has 0 fully saturated rings. The highest BCUT2D eigenvalue weighted by molar-refractivity contribution is 6.10. The van der Waals surface area contributed by atoms with Crippen molar-refractivity contribution < 1.29 is 22.4 Å². The van der Waals surface area contributed by atoms with E-state index in [0.29, 0.717) is 5.56 Å². The van der Waals surface area contributed by atoms with Crippen molar-refractivity contribution in [1.82, 2.24) is 4.98 Å². The minimum absolute atomic E-state index is 0.119. The first-order chi connectivity index (χ1) is 11.0. The predicted octanol–water partition coefficient (Wildman–Crippen LogP) is 4.59. The standard InChI is InChI=1S/C17H10F3NO2/c18-17(19,20)16-21-13(11-7-3-1-4-8-11)15(23-16)14(22)12-9-5-2-6-10-12/h1-10H. The molecule has 0 saturated carbocycles. The van der Waals surface area contributed by atoms with E-state index in [2.05, 4.69) is 4.98 Å². The number of benzene rings is 2. The van der Waals surface area contributed by atoms with Gasteiger partial charge < -0.3 is 4.42 Å². The third-order valence-electron chi connectivity index (χ3n) is 3.16. The molecular formula is C17H10F3NO2. The molecule has 3 rings (SSSR count). The zero-order valence-electron chi connectivity index (χ0n) is 11.7. The van der Waals surface area contributed by atoms with Crippen LogP contribution in [0.4, 0.5) is 13.2 Å². The van der Waals surface area contributed by atoms with Crippen LogP contribution >= 0.6 is 0 Å². The second-order valence-electron chi connectivity index (χ2n) is 4.76. The molecule has 0 amide bonds. The van der Waals surface area contributed by atoms with Gasteiger partial charge >= 0.3 is 12.1 Å². The highest BCUT2D eigenvalue weighted by Crippen LogP contribution is 2.34. The fraction of sp³-hybridized carbons (Fsp3) is 0.0588. The van der Waals surface area contributed by atoms with Gasteiger partial charge in [-0.25, -0.2) is 4.98 Å². The van der Waals surface area contributed by atoms with Crippen molar-refractivity contribution in [3.63, 3.8) is 0 Å². The Morgan fingerprint density at radius 2 is 1.48 bits per heavy atom. The third kappa shape index (κ3) is 3.01. The van der Waals surface area contributed by atoms with E-state index >= 15 is 0 Å². The van der Waals surface area contributed by atoms with Crippen LogP contribution in [0.1, 0.15) is 22.0 Å². The molecule has 0 N–H and O–H groups in total. The fourth-order valence-corrected chi connectivity index (χ4v) is 2.11. The number of oxazole rings is 1. The lowest BCUT2D eigenvalue weighted by Gasteiger charge is -2.01. The summed E-state index contributed by atoms with van der Waals surface area (Å²) in [5, 5.41) is 0. The van der Waals surface area contributed by atoms with Crippen molar-refractivity contribution in [2.24, 2.45) is 0 Å². The average Bonchev–Trinajstić information content (AvgIpc) is 3.01. The number of hydrogen-bond donors (Lipinski definition) is 0. The monoisotopic (exact) mass is 317 g/mol. The van der Waals surface area contributed by atoms with Crippen LogP contribution in [0.15, 0.2) is 65.1 Å². The molecule has 1 heterocycles. The van der Waals surface area contributed by atoms with E-state index in [1.54, 1.807) is 48.5 Å². The van der Waals surface area contributed by atoms with E-state index in [4.69, 9.17) is 4.42 Å². The summed E-state index contributed by atoms with van der Waals surface area (Å²) in [5.41, 5.74) is 0.493. The number of halogens is 3. The first-order valence-corrected chi connectivity index (χ1v) is 6.70. The summed E-state index contributed by atoms with van der Waals surface area (Å²) in [4.78, 5) is 16.0. The second-order valence-corrected chi connectivity index (χ2v) is 4.76. The molecule has 0 aliphatic carbocycles. The molecule has 2 aromatic carbocycles. The lowest BCUT2D eigenvalue weighted by Crippen LogP contribution is -2.05. The van der Waals surface area contributed by atoms with Crippen molar-refractivity contribution in [3.05, 3.63) is 77.9 Å². The number of alkyl halides is 3. The molecule has 0 atom stereocenters. The lowest BCUT2D eigenvalue weighted by atomic mass is 10.0. The lowest BCUT2D eigenvalue weighted by molar-refractivity contribution is -0.157. The predicted molar refractivity (Wildman–Crippen MR) is 76.8 cm³/mol. The Bertz CT molecular complexity index is 824. The Labute approximate surface area is 129 Å². The SMILES string of the molecule is O=C(c1ccccc1)c1oc(C(F)(F)F)nc1-c1ccccc1. The van der Waals surface area contributed by atoms with Gasteiger partial charge in [0.25, 0.3) is 0 Å². The Morgan fingerprint density at radius 3 is 2.04 bits per heavy atom. The van der Waals surface area contributed by atoms with E-state index in [0.717, 1.165) is 0 Å². The van der Waals surface area contributed by atoms with Gasteiger partial charge in [-0.1, -0.05) is 60.7 Å². The van der Waals surface area contributed by atoms with Gasteiger partial charge in [-0.3, -0.25) is 4.79 Å². The molecule has 23 heavy (non-hydrogen) atoms. The van der Waals surface area contributed by atoms with Crippen LogP contribution in [-0.4, -0.2) is 10.8 Å². The molecule has 0 bridgehead atoms. The molecule has 0 unspecified atom stereocenters. The average molecular weight is 317 g/mol. The van der Waals surface area contributed by atoms with Crippen molar-refractivity contribution in [2.45, 2.75) is 6.18 Å². The summed E-state index contributed by atoms with van der Waals surface area (Å²) in [5.74, 6) is -2.50. The number of hydrogen-bond acceptors (Lipinski definition) is 3. The van der Waals surface area contributed by atoms with Gasteiger partial charge in [-0.2, -0.15) is 13.2 Å². The minimum atomic E-state index is -4.77. The maximum Gasteiger partial charge on any atom is 0.468 e. The molecule has 0 aliphatic heterocycles. The van der Waals surface area contributed by atoms with Gasteiger partial charge in [0.05, 0.1) is 0 Å². The van der Waals surface area contributed by atoms with E-state index in [-0.39, 0.29) is 11.3 Å². The van der Waals surface area contributed by atoms with Crippen LogP contribution in [0, 0.1) is 0 Å². The number of rotatable bonds is 3. The van der Waals surface area contributed by atoms with Gasteiger partial charge in [0.2, 0.25) is 11.5 Å². The molecule has 0 aliphatic rings. The Morgan fingerprint density at radius 1 is 0.913 bits per heavy atom. The van der Waals surface area contributed by atoms with Gasteiger partial charge in [0.15, 0.2) is 0 Å². The largest absolute Gasteiger partial charge is 0.468 e. The smallest absolute Gasteiger partial charge is 0.429 e. The summed E-state index contributed by atoms with van der Waals surface area (Å²) in [6.07, 6.45) is -4.77. The van der Waals surface area contributed by atoms with Crippen LogP contribution in [0.5, 0.6) is 0 Å². The summed E-state index contributed by atoms with van der Waals surface area (Å²) >= 11 is 0.